The summed E-state index contributed by atoms with van der Waals surface area (Å²) in [5, 5.41) is 21.8. The van der Waals surface area contributed by atoms with E-state index in [0.29, 0.717) is 53.0 Å². The van der Waals surface area contributed by atoms with E-state index in [1.807, 2.05) is 36.4 Å². The predicted octanol–water partition coefficient (Wildman–Crippen LogP) is 4.79. The van der Waals surface area contributed by atoms with Crippen molar-refractivity contribution in [2.75, 3.05) is 44.8 Å². The molecule has 7 nitrogen and oxygen atoms in total. The van der Waals surface area contributed by atoms with E-state index in [2.05, 4.69) is 20.9 Å². The van der Waals surface area contributed by atoms with E-state index in [1.54, 1.807) is 31.3 Å². The zero-order valence-electron chi connectivity index (χ0n) is 21.4. The number of benzene rings is 2. The van der Waals surface area contributed by atoms with Gasteiger partial charge >= 0.3 is 0 Å². The van der Waals surface area contributed by atoms with Crippen molar-refractivity contribution in [2.24, 2.45) is 0 Å². The number of methoxy groups -OCH3 is 1. The van der Waals surface area contributed by atoms with E-state index in [0.717, 1.165) is 11.3 Å². The number of β-amino-alcohol motifs (C(OH)–C–C–N with tert-alkyl or cyclic N) is 1. The Morgan fingerprint density at radius 1 is 1.18 bits per heavy atom. The lowest BCUT2D eigenvalue weighted by Gasteiger charge is -2.45. The molecule has 1 N–H and O–H groups in total. The molecule has 1 fully saturated rings. The van der Waals surface area contributed by atoms with Crippen LogP contribution in [0.3, 0.4) is 0 Å². The number of nitrogens with zero attached hydrogens (tertiary/aromatic N) is 4. The van der Waals surface area contributed by atoms with Gasteiger partial charge in [-0.05, 0) is 48.9 Å². The Balaban J connectivity index is 1.53. The summed E-state index contributed by atoms with van der Waals surface area (Å²) >= 11 is 12.8. The fraction of sp³-hybridized carbons (Fsp3) is 0.345. The summed E-state index contributed by atoms with van der Waals surface area (Å²) in [7, 11) is 1.49. The van der Waals surface area contributed by atoms with Crippen LogP contribution in [0.5, 0.6) is 0 Å². The molecule has 2 atom stereocenters. The molecule has 1 aliphatic rings. The first kappa shape index (κ1) is 28.0. The van der Waals surface area contributed by atoms with Gasteiger partial charge in [0, 0.05) is 55.8 Å². The first-order chi connectivity index (χ1) is 18.2. The Morgan fingerprint density at radius 2 is 1.95 bits per heavy atom. The van der Waals surface area contributed by atoms with Crippen LogP contribution in [0.25, 0.3) is 0 Å². The van der Waals surface area contributed by atoms with E-state index >= 15 is 0 Å². The number of hydrogen-bond acceptors (Lipinski definition) is 7. The smallest absolute Gasteiger partial charge is 0.164 e. The van der Waals surface area contributed by atoms with Gasteiger partial charge in [0.05, 0.1) is 34.8 Å². The quantitative estimate of drug-likeness (QED) is 0.408. The molecule has 2 heterocycles. The van der Waals surface area contributed by atoms with Gasteiger partial charge in [0.25, 0.3) is 0 Å². The van der Waals surface area contributed by atoms with Crippen molar-refractivity contribution < 1.29 is 14.6 Å². The van der Waals surface area contributed by atoms with Gasteiger partial charge in [0.1, 0.15) is 12.2 Å². The van der Waals surface area contributed by atoms with Crippen molar-refractivity contribution in [3.8, 4) is 6.07 Å². The Kier molecular flexibility index (Phi) is 9.03. The number of carbonyl (C=O) groups excluding carboxylic acids is 1. The minimum Gasteiger partial charge on any atom is -0.384 e. The first-order valence-electron chi connectivity index (χ1n) is 12.3. The van der Waals surface area contributed by atoms with Crippen LogP contribution < -0.4 is 4.90 Å². The number of pyridine rings is 1. The number of rotatable bonds is 9. The van der Waals surface area contributed by atoms with Crippen LogP contribution in [0.1, 0.15) is 35.3 Å². The maximum Gasteiger partial charge on any atom is 0.164 e. The van der Waals surface area contributed by atoms with Gasteiger partial charge in [-0.2, -0.15) is 5.26 Å². The number of ketones is 1. The summed E-state index contributed by atoms with van der Waals surface area (Å²) in [6.07, 6.45) is 1.83. The van der Waals surface area contributed by atoms with Crippen LogP contribution in [0.4, 0.5) is 5.69 Å². The second-order valence-corrected chi connectivity index (χ2v) is 10.6. The van der Waals surface area contributed by atoms with Crippen molar-refractivity contribution >= 4 is 34.7 Å². The van der Waals surface area contributed by atoms with Gasteiger partial charge in [0.2, 0.25) is 0 Å². The number of carbonyl (C=O) groups is 1. The number of aliphatic hydroxyl groups is 1. The number of nitriles is 1. The van der Waals surface area contributed by atoms with Crippen molar-refractivity contribution in [1.29, 1.82) is 5.26 Å². The fourth-order valence-corrected chi connectivity index (χ4v) is 5.25. The number of piperazine rings is 1. The first-order valence-corrected chi connectivity index (χ1v) is 13.1. The number of Topliss-reactive ketones (excluding diaryl/α,β-unsaturated/α-hetero) is 1. The van der Waals surface area contributed by atoms with Crippen LogP contribution in [0.15, 0.2) is 60.8 Å². The Labute approximate surface area is 233 Å². The lowest BCUT2D eigenvalue weighted by molar-refractivity contribution is -0.122. The van der Waals surface area contributed by atoms with E-state index in [1.165, 1.54) is 7.11 Å². The average Bonchev–Trinajstić information content (AvgIpc) is 2.89. The Morgan fingerprint density at radius 3 is 2.58 bits per heavy atom. The minimum atomic E-state index is -1.15. The van der Waals surface area contributed by atoms with Gasteiger partial charge in [-0.25, -0.2) is 0 Å². The molecular weight excluding hydrogens is 523 g/mol. The third kappa shape index (κ3) is 6.71. The molecule has 38 heavy (non-hydrogen) atoms. The molecule has 3 aromatic rings. The highest BCUT2D eigenvalue weighted by Crippen LogP contribution is 2.37. The molecule has 1 saturated heterocycles. The summed E-state index contributed by atoms with van der Waals surface area (Å²) in [5.74, 6) is -0.0482. The zero-order chi connectivity index (χ0) is 27.3. The molecule has 0 radical (unpaired) electrons. The van der Waals surface area contributed by atoms with E-state index < -0.39 is 5.60 Å². The molecule has 0 bridgehead atoms. The molecular formula is C29H30Cl2N4O3. The van der Waals surface area contributed by atoms with Crippen molar-refractivity contribution in [2.45, 2.75) is 25.0 Å². The normalized spacial score (nSPS) is 17.6. The van der Waals surface area contributed by atoms with E-state index in [4.69, 9.17) is 27.9 Å². The number of hydrogen-bond donors (Lipinski definition) is 1. The molecule has 1 aromatic heterocycles. The molecule has 0 unspecified atom stereocenters. The average molecular weight is 553 g/mol. The third-order valence-corrected chi connectivity index (χ3v) is 7.32. The minimum absolute atomic E-state index is 0.0467. The molecule has 9 heteroatoms. The number of ether oxygens (including phenoxy) is 1. The van der Waals surface area contributed by atoms with Gasteiger partial charge < -0.3 is 14.7 Å². The highest BCUT2D eigenvalue weighted by atomic mass is 35.5. The molecule has 0 amide bonds. The van der Waals surface area contributed by atoms with Crippen LogP contribution >= 0.6 is 23.2 Å². The van der Waals surface area contributed by atoms with Crippen molar-refractivity contribution in [1.82, 2.24) is 9.88 Å². The molecule has 0 spiro atoms. The van der Waals surface area contributed by atoms with Gasteiger partial charge in [-0.15, -0.1) is 0 Å². The molecule has 2 aromatic carbocycles. The number of anilines is 1. The summed E-state index contributed by atoms with van der Waals surface area (Å²) in [5.41, 5.74) is 2.62. The second kappa shape index (κ2) is 12.2. The Hall–Kier alpha value is -2.99. The zero-order valence-corrected chi connectivity index (χ0v) is 22.9. The fourth-order valence-electron chi connectivity index (χ4n) is 4.84. The summed E-state index contributed by atoms with van der Waals surface area (Å²) < 4.78 is 4.88. The molecule has 1 aliphatic heterocycles. The van der Waals surface area contributed by atoms with E-state index in [9.17, 15) is 15.2 Å². The maximum absolute atomic E-state index is 11.9. The van der Waals surface area contributed by atoms with Gasteiger partial charge in [0.15, 0.2) is 5.78 Å². The maximum atomic E-state index is 11.9. The number of halogens is 2. The summed E-state index contributed by atoms with van der Waals surface area (Å²) in [6, 6.07) is 18.8. The van der Waals surface area contributed by atoms with Crippen molar-refractivity contribution in [3.63, 3.8) is 0 Å². The van der Waals surface area contributed by atoms with Crippen LogP contribution in [-0.2, 0) is 21.6 Å². The van der Waals surface area contributed by atoms with Gasteiger partial charge in [-0.1, -0.05) is 41.4 Å². The van der Waals surface area contributed by atoms with Crippen molar-refractivity contribution in [3.05, 3.63) is 93.2 Å². The highest BCUT2D eigenvalue weighted by molar-refractivity contribution is 6.33. The lowest BCUT2D eigenvalue weighted by atomic mass is 9.94. The number of aromatic nitrogens is 1. The third-order valence-electron chi connectivity index (χ3n) is 6.77. The van der Waals surface area contributed by atoms with Gasteiger partial charge in [-0.3, -0.25) is 14.7 Å². The molecule has 0 aliphatic carbocycles. The Bertz CT molecular complexity index is 1310. The van der Waals surface area contributed by atoms with Crippen LogP contribution in [-0.4, -0.2) is 60.7 Å². The summed E-state index contributed by atoms with van der Waals surface area (Å²) in [4.78, 5) is 20.7. The predicted molar refractivity (Wildman–Crippen MR) is 149 cm³/mol. The largest absolute Gasteiger partial charge is 0.384 e. The topological polar surface area (TPSA) is 89.7 Å². The van der Waals surface area contributed by atoms with Crippen LogP contribution in [0.2, 0.25) is 10.0 Å². The SMILES string of the molecule is COCC(=O)Cc1ccc([C@](C)(O)CN2CCN(c3ccc(C#N)cc3Cl)[C@H](c3ccc(Cl)cc3)C2)cn1. The molecule has 0 saturated carbocycles. The molecule has 4 rings (SSSR count). The standard InChI is InChI=1S/C29H30Cl2N4O3/c1-29(37,22-6-9-24(33-16-22)14-25(36)18-38-2)19-34-11-12-35(27-10-3-20(15-32)13-26(27)31)28(17-34)21-4-7-23(30)8-5-21/h3-10,13,16,28,37H,11-12,14,17-19H2,1-2H3/t28-,29+/m0/s1. The highest BCUT2D eigenvalue weighted by Gasteiger charge is 2.34. The lowest BCUT2D eigenvalue weighted by Crippen LogP contribution is -2.52. The van der Waals surface area contributed by atoms with E-state index in [-0.39, 0.29) is 24.9 Å². The second-order valence-electron chi connectivity index (χ2n) is 9.73. The summed E-state index contributed by atoms with van der Waals surface area (Å²) in [6.45, 7) is 4.25. The molecule has 198 valence electrons. The monoisotopic (exact) mass is 552 g/mol. The van der Waals surface area contributed by atoms with Crippen LogP contribution in [0, 0.1) is 11.3 Å².